The van der Waals surface area contributed by atoms with E-state index < -0.39 is 0 Å². The molecule has 2 heterocycles. The van der Waals surface area contributed by atoms with E-state index in [2.05, 4.69) is 27.2 Å². The van der Waals surface area contributed by atoms with Gasteiger partial charge in [-0.2, -0.15) is 0 Å². The van der Waals surface area contributed by atoms with Crippen LogP contribution in [-0.4, -0.2) is 59.7 Å². The molecule has 0 amide bonds. The summed E-state index contributed by atoms with van der Waals surface area (Å²) in [6, 6.07) is 8.22. The predicted molar refractivity (Wildman–Crippen MR) is 88.8 cm³/mol. The fourth-order valence-corrected chi connectivity index (χ4v) is 2.78. The molecule has 1 saturated heterocycles. The Morgan fingerprint density at radius 3 is 2.79 bits per heavy atom. The zero-order valence-electron chi connectivity index (χ0n) is 14.2. The van der Waals surface area contributed by atoms with Crippen molar-refractivity contribution in [3.05, 3.63) is 42.0 Å². The standard InChI is InChI=1S/C17H24N4O3/c1-20-13-18-19-17(20)16-12-21(7-8-24-16)11-14-3-5-15(6-4-14)23-10-9-22-2/h3-6,13,16H,7-12H2,1-2H3/t16-/m0/s1. The van der Waals surface area contributed by atoms with E-state index in [0.717, 1.165) is 31.2 Å². The maximum atomic E-state index is 5.85. The van der Waals surface area contributed by atoms with E-state index in [1.54, 1.807) is 13.4 Å². The molecule has 0 unspecified atom stereocenters. The number of benzene rings is 1. The zero-order chi connectivity index (χ0) is 16.8. The van der Waals surface area contributed by atoms with Gasteiger partial charge < -0.3 is 18.8 Å². The van der Waals surface area contributed by atoms with Crippen LogP contribution in [0.5, 0.6) is 5.75 Å². The van der Waals surface area contributed by atoms with Crippen LogP contribution >= 0.6 is 0 Å². The molecule has 0 N–H and O–H groups in total. The van der Waals surface area contributed by atoms with Gasteiger partial charge in [-0.1, -0.05) is 12.1 Å². The van der Waals surface area contributed by atoms with Crippen molar-refractivity contribution in [3.8, 4) is 5.75 Å². The molecule has 1 aromatic heterocycles. The Morgan fingerprint density at radius 1 is 1.25 bits per heavy atom. The van der Waals surface area contributed by atoms with Crippen molar-refractivity contribution in [1.29, 1.82) is 0 Å². The van der Waals surface area contributed by atoms with Gasteiger partial charge >= 0.3 is 0 Å². The molecule has 0 bridgehead atoms. The number of morpholine rings is 1. The van der Waals surface area contributed by atoms with E-state index >= 15 is 0 Å². The number of nitrogens with zero attached hydrogens (tertiary/aromatic N) is 4. The molecule has 2 aromatic rings. The molecule has 0 aliphatic carbocycles. The first-order valence-electron chi connectivity index (χ1n) is 8.15. The monoisotopic (exact) mass is 332 g/mol. The topological polar surface area (TPSA) is 61.6 Å². The van der Waals surface area contributed by atoms with Crippen LogP contribution in [-0.2, 0) is 23.1 Å². The highest BCUT2D eigenvalue weighted by atomic mass is 16.5. The van der Waals surface area contributed by atoms with Gasteiger partial charge in [0.05, 0.1) is 13.2 Å². The summed E-state index contributed by atoms with van der Waals surface area (Å²) in [7, 11) is 3.61. The Labute approximate surface area is 142 Å². The fourth-order valence-electron chi connectivity index (χ4n) is 2.78. The predicted octanol–water partition coefficient (Wildman–Crippen LogP) is 1.41. The van der Waals surface area contributed by atoms with E-state index in [0.29, 0.717) is 19.8 Å². The molecule has 1 fully saturated rings. The Balaban J connectivity index is 1.54. The quantitative estimate of drug-likeness (QED) is 0.715. The molecule has 1 atom stereocenters. The largest absolute Gasteiger partial charge is 0.491 e. The molecule has 0 spiro atoms. The second-order valence-corrected chi connectivity index (χ2v) is 5.88. The molecule has 7 nitrogen and oxygen atoms in total. The van der Waals surface area contributed by atoms with Crippen LogP contribution in [0, 0.1) is 0 Å². The molecule has 130 valence electrons. The summed E-state index contributed by atoms with van der Waals surface area (Å²) < 4.78 is 18.3. The Hall–Kier alpha value is -1.96. The average molecular weight is 332 g/mol. The van der Waals surface area contributed by atoms with Crippen molar-refractivity contribution in [2.45, 2.75) is 12.6 Å². The van der Waals surface area contributed by atoms with Crippen molar-refractivity contribution >= 4 is 0 Å². The average Bonchev–Trinajstić information content (AvgIpc) is 3.03. The summed E-state index contributed by atoms with van der Waals surface area (Å²) in [5, 5.41) is 8.10. The minimum Gasteiger partial charge on any atom is -0.491 e. The third-order valence-electron chi connectivity index (χ3n) is 4.07. The number of ether oxygens (including phenoxy) is 3. The van der Waals surface area contributed by atoms with Gasteiger partial charge in [-0.15, -0.1) is 10.2 Å². The summed E-state index contributed by atoms with van der Waals surface area (Å²) >= 11 is 0. The van der Waals surface area contributed by atoms with Crippen molar-refractivity contribution in [1.82, 2.24) is 19.7 Å². The first-order chi connectivity index (χ1) is 11.8. The maximum Gasteiger partial charge on any atom is 0.163 e. The molecule has 24 heavy (non-hydrogen) atoms. The molecule has 3 rings (SSSR count). The van der Waals surface area contributed by atoms with Gasteiger partial charge in [-0.3, -0.25) is 4.90 Å². The summed E-state index contributed by atoms with van der Waals surface area (Å²) in [6.45, 7) is 4.49. The molecule has 1 aliphatic heterocycles. The Morgan fingerprint density at radius 2 is 2.08 bits per heavy atom. The Kier molecular flexibility index (Phi) is 5.79. The number of aromatic nitrogens is 3. The van der Waals surface area contributed by atoms with Crippen LogP contribution in [0.2, 0.25) is 0 Å². The van der Waals surface area contributed by atoms with E-state index in [1.807, 2.05) is 23.7 Å². The highest BCUT2D eigenvalue weighted by molar-refractivity contribution is 5.27. The number of rotatable bonds is 7. The lowest BCUT2D eigenvalue weighted by Crippen LogP contribution is -2.38. The Bertz CT molecular complexity index is 629. The van der Waals surface area contributed by atoms with Crippen LogP contribution < -0.4 is 4.74 Å². The fraction of sp³-hybridized carbons (Fsp3) is 0.529. The summed E-state index contributed by atoms with van der Waals surface area (Å²) in [4.78, 5) is 2.38. The summed E-state index contributed by atoms with van der Waals surface area (Å²) in [6.07, 6.45) is 1.68. The number of aryl methyl sites for hydroxylation is 1. The van der Waals surface area contributed by atoms with Crippen LogP contribution in [0.15, 0.2) is 30.6 Å². The lowest BCUT2D eigenvalue weighted by Gasteiger charge is -2.32. The van der Waals surface area contributed by atoms with Gasteiger partial charge in [-0.05, 0) is 17.7 Å². The van der Waals surface area contributed by atoms with Crippen LogP contribution in [0.3, 0.4) is 0 Å². The molecule has 7 heteroatoms. The first kappa shape index (κ1) is 16.9. The molecule has 0 saturated carbocycles. The van der Waals surface area contributed by atoms with Crippen LogP contribution in [0.1, 0.15) is 17.5 Å². The minimum atomic E-state index is -0.0251. The second kappa shape index (κ2) is 8.23. The van der Waals surface area contributed by atoms with Gasteiger partial charge in [0.25, 0.3) is 0 Å². The molecular weight excluding hydrogens is 308 g/mol. The molecule has 1 aromatic carbocycles. The van der Waals surface area contributed by atoms with Crippen molar-refractivity contribution < 1.29 is 14.2 Å². The first-order valence-corrected chi connectivity index (χ1v) is 8.15. The number of methoxy groups -OCH3 is 1. The van der Waals surface area contributed by atoms with Gasteiger partial charge in [0.15, 0.2) is 5.82 Å². The van der Waals surface area contributed by atoms with E-state index in [4.69, 9.17) is 14.2 Å². The lowest BCUT2D eigenvalue weighted by atomic mass is 10.1. The van der Waals surface area contributed by atoms with Crippen LogP contribution in [0.4, 0.5) is 0 Å². The van der Waals surface area contributed by atoms with E-state index in [9.17, 15) is 0 Å². The van der Waals surface area contributed by atoms with Gasteiger partial charge in [0.2, 0.25) is 0 Å². The highest BCUT2D eigenvalue weighted by Gasteiger charge is 2.25. The highest BCUT2D eigenvalue weighted by Crippen LogP contribution is 2.22. The SMILES string of the molecule is COCCOc1ccc(CN2CCO[C@H](c3nncn3C)C2)cc1. The van der Waals surface area contributed by atoms with Crippen LogP contribution in [0.25, 0.3) is 0 Å². The van der Waals surface area contributed by atoms with E-state index in [-0.39, 0.29) is 6.10 Å². The maximum absolute atomic E-state index is 5.85. The number of hydrogen-bond donors (Lipinski definition) is 0. The van der Waals surface area contributed by atoms with Crippen molar-refractivity contribution in [2.75, 3.05) is 40.0 Å². The summed E-state index contributed by atoms with van der Waals surface area (Å²) in [5.41, 5.74) is 1.26. The number of hydrogen-bond acceptors (Lipinski definition) is 6. The zero-order valence-corrected chi connectivity index (χ0v) is 14.2. The van der Waals surface area contributed by atoms with Gasteiger partial charge in [0, 0.05) is 33.8 Å². The van der Waals surface area contributed by atoms with Crippen molar-refractivity contribution in [3.63, 3.8) is 0 Å². The molecular formula is C17H24N4O3. The van der Waals surface area contributed by atoms with Crippen molar-refractivity contribution in [2.24, 2.45) is 7.05 Å². The smallest absolute Gasteiger partial charge is 0.163 e. The van der Waals surface area contributed by atoms with Gasteiger partial charge in [-0.25, -0.2) is 0 Å². The lowest BCUT2D eigenvalue weighted by molar-refractivity contribution is -0.0385. The normalized spacial score (nSPS) is 18.7. The summed E-state index contributed by atoms with van der Waals surface area (Å²) in [5.74, 6) is 1.75. The second-order valence-electron chi connectivity index (χ2n) is 5.88. The molecule has 1 aliphatic rings. The molecule has 0 radical (unpaired) electrons. The third-order valence-corrected chi connectivity index (χ3v) is 4.07. The van der Waals surface area contributed by atoms with Gasteiger partial charge in [0.1, 0.15) is 24.8 Å². The minimum absolute atomic E-state index is 0.0251. The van der Waals surface area contributed by atoms with E-state index in [1.165, 1.54) is 5.56 Å². The third kappa shape index (κ3) is 4.31.